The first-order chi connectivity index (χ1) is 10.3. The molecule has 1 aromatic rings. The fourth-order valence-corrected chi connectivity index (χ4v) is 3.67. The third-order valence-corrected chi connectivity index (χ3v) is 4.85. The summed E-state index contributed by atoms with van der Waals surface area (Å²) < 4.78 is 20.0. The second kappa shape index (κ2) is 7.05. The van der Waals surface area contributed by atoms with Gasteiger partial charge >= 0.3 is 0 Å². The molecule has 0 amide bonds. The largest absolute Gasteiger partial charge is 0.381 e. The summed E-state index contributed by atoms with van der Waals surface area (Å²) in [6, 6.07) is 5.48. The maximum Gasteiger partial charge on any atom is 0.146 e. The van der Waals surface area contributed by atoms with Crippen molar-refractivity contribution in [1.82, 2.24) is 10.2 Å². The molecule has 5 heteroatoms. The summed E-state index contributed by atoms with van der Waals surface area (Å²) in [5.74, 6) is 0.180. The van der Waals surface area contributed by atoms with Crippen LogP contribution in [0.1, 0.15) is 24.4 Å². The van der Waals surface area contributed by atoms with Crippen LogP contribution in [0.15, 0.2) is 18.2 Å². The number of rotatable bonds is 3. The minimum Gasteiger partial charge on any atom is -0.381 e. The summed E-state index contributed by atoms with van der Waals surface area (Å²) in [5, 5.41) is 3.59. The zero-order valence-electron chi connectivity index (χ0n) is 12.2. The Labute approximate surface area is 130 Å². The van der Waals surface area contributed by atoms with Gasteiger partial charge in [-0.2, -0.15) is 0 Å². The fraction of sp³-hybridized carbons (Fsp3) is 0.625. The summed E-state index contributed by atoms with van der Waals surface area (Å²) in [6.07, 6.45) is 1.97. The lowest BCUT2D eigenvalue weighted by atomic mass is 9.85. The minimum absolute atomic E-state index is 0.106. The van der Waals surface area contributed by atoms with E-state index in [1.807, 2.05) is 12.1 Å². The van der Waals surface area contributed by atoms with E-state index in [0.29, 0.717) is 5.92 Å². The molecule has 0 saturated carbocycles. The molecule has 2 aliphatic heterocycles. The van der Waals surface area contributed by atoms with Gasteiger partial charge < -0.3 is 10.1 Å². The number of hydrogen-bond acceptors (Lipinski definition) is 3. The molecule has 0 spiro atoms. The van der Waals surface area contributed by atoms with E-state index in [2.05, 4.69) is 10.2 Å². The van der Waals surface area contributed by atoms with Gasteiger partial charge in [0.2, 0.25) is 0 Å². The van der Waals surface area contributed by atoms with E-state index in [0.717, 1.165) is 57.8 Å². The van der Waals surface area contributed by atoms with Crippen LogP contribution in [-0.2, 0) is 4.74 Å². The van der Waals surface area contributed by atoms with Crippen molar-refractivity contribution in [2.75, 3.05) is 39.4 Å². The predicted octanol–water partition coefficient (Wildman–Crippen LogP) is 2.85. The van der Waals surface area contributed by atoms with Crippen molar-refractivity contribution in [2.24, 2.45) is 5.92 Å². The van der Waals surface area contributed by atoms with E-state index in [4.69, 9.17) is 16.3 Å². The molecule has 3 rings (SSSR count). The second-order valence-electron chi connectivity index (χ2n) is 5.82. The van der Waals surface area contributed by atoms with Crippen LogP contribution >= 0.6 is 11.6 Å². The van der Waals surface area contributed by atoms with Gasteiger partial charge in [0.15, 0.2) is 0 Å². The summed E-state index contributed by atoms with van der Waals surface area (Å²) in [6.45, 7) is 5.37. The number of nitrogens with zero attached hydrogens (tertiary/aromatic N) is 1. The van der Waals surface area contributed by atoms with Crippen LogP contribution in [0.4, 0.5) is 4.39 Å². The van der Waals surface area contributed by atoms with Crippen LogP contribution in [0.25, 0.3) is 0 Å². The highest BCUT2D eigenvalue weighted by molar-refractivity contribution is 6.30. The van der Waals surface area contributed by atoms with Crippen molar-refractivity contribution in [1.29, 1.82) is 0 Å². The molecule has 2 saturated heterocycles. The predicted molar refractivity (Wildman–Crippen MR) is 82.1 cm³/mol. The number of halogens is 2. The van der Waals surface area contributed by atoms with E-state index < -0.39 is 0 Å². The molecular formula is C16H22ClFN2O. The molecule has 116 valence electrons. The van der Waals surface area contributed by atoms with Gasteiger partial charge in [-0.15, -0.1) is 0 Å². The number of hydrogen-bond donors (Lipinski definition) is 1. The summed E-state index contributed by atoms with van der Waals surface area (Å²) in [5.41, 5.74) is 0.747. The van der Waals surface area contributed by atoms with Gasteiger partial charge in [-0.3, -0.25) is 4.90 Å². The van der Waals surface area contributed by atoms with Gasteiger partial charge in [0.1, 0.15) is 5.82 Å². The number of piperazine rings is 1. The van der Waals surface area contributed by atoms with E-state index in [9.17, 15) is 4.39 Å². The average Bonchev–Trinajstić information content (AvgIpc) is 2.54. The SMILES string of the molecule is Fc1c(Cl)cccc1[C@@H](C1CCOCC1)N1CCNCC1. The molecule has 1 atom stereocenters. The van der Waals surface area contributed by atoms with Gasteiger partial charge in [0.25, 0.3) is 0 Å². The Morgan fingerprint density at radius 1 is 1.24 bits per heavy atom. The van der Waals surface area contributed by atoms with Crippen LogP contribution in [-0.4, -0.2) is 44.3 Å². The van der Waals surface area contributed by atoms with Crippen molar-refractivity contribution in [3.05, 3.63) is 34.6 Å². The normalized spacial score (nSPS) is 23.1. The number of nitrogens with one attached hydrogen (secondary N) is 1. The molecule has 0 bridgehead atoms. The first-order valence-electron chi connectivity index (χ1n) is 7.74. The number of ether oxygens (including phenoxy) is 1. The van der Waals surface area contributed by atoms with Gasteiger partial charge in [-0.05, 0) is 24.8 Å². The molecule has 2 fully saturated rings. The van der Waals surface area contributed by atoms with E-state index >= 15 is 0 Å². The lowest BCUT2D eigenvalue weighted by molar-refractivity contribution is 0.0203. The maximum absolute atomic E-state index is 14.6. The van der Waals surface area contributed by atoms with Crippen LogP contribution in [0.2, 0.25) is 5.02 Å². The van der Waals surface area contributed by atoms with Crippen molar-refractivity contribution < 1.29 is 9.13 Å². The molecule has 2 heterocycles. The molecule has 1 N–H and O–H groups in total. The maximum atomic E-state index is 14.6. The zero-order valence-corrected chi connectivity index (χ0v) is 12.9. The van der Waals surface area contributed by atoms with Gasteiger partial charge in [0.05, 0.1) is 5.02 Å². The van der Waals surface area contributed by atoms with Crippen LogP contribution in [0, 0.1) is 11.7 Å². The van der Waals surface area contributed by atoms with Crippen LogP contribution in [0.5, 0.6) is 0 Å². The Hall–Kier alpha value is -0.680. The van der Waals surface area contributed by atoms with Gasteiger partial charge in [-0.25, -0.2) is 4.39 Å². The Balaban J connectivity index is 1.91. The molecular weight excluding hydrogens is 291 g/mol. The topological polar surface area (TPSA) is 24.5 Å². The first kappa shape index (κ1) is 15.2. The standard InChI is InChI=1S/C16H22ClFN2O/c17-14-3-1-2-13(15(14)18)16(12-4-10-21-11-5-12)20-8-6-19-7-9-20/h1-3,12,16,19H,4-11H2/t16-/m1/s1. The van der Waals surface area contributed by atoms with E-state index in [-0.39, 0.29) is 16.9 Å². The fourth-order valence-electron chi connectivity index (χ4n) is 3.49. The highest BCUT2D eigenvalue weighted by Gasteiger charge is 2.33. The summed E-state index contributed by atoms with van der Waals surface area (Å²) in [4.78, 5) is 2.40. The molecule has 0 aliphatic carbocycles. The Morgan fingerprint density at radius 2 is 1.95 bits per heavy atom. The summed E-state index contributed by atoms with van der Waals surface area (Å²) >= 11 is 6.01. The third kappa shape index (κ3) is 3.39. The highest BCUT2D eigenvalue weighted by atomic mass is 35.5. The Kier molecular flexibility index (Phi) is 5.11. The zero-order chi connectivity index (χ0) is 14.7. The van der Waals surface area contributed by atoms with Crippen molar-refractivity contribution >= 4 is 11.6 Å². The lowest BCUT2D eigenvalue weighted by Crippen LogP contribution is -2.47. The minimum atomic E-state index is -0.255. The smallest absolute Gasteiger partial charge is 0.146 e. The molecule has 3 nitrogen and oxygen atoms in total. The average molecular weight is 313 g/mol. The summed E-state index contributed by atoms with van der Waals surface area (Å²) in [7, 11) is 0. The lowest BCUT2D eigenvalue weighted by Gasteiger charge is -2.41. The van der Waals surface area contributed by atoms with Gasteiger partial charge in [-0.1, -0.05) is 23.7 Å². The number of benzene rings is 1. The van der Waals surface area contributed by atoms with E-state index in [1.165, 1.54) is 0 Å². The molecule has 0 aromatic heterocycles. The van der Waals surface area contributed by atoms with E-state index in [1.54, 1.807) is 6.07 Å². The molecule has 0 unspecified atom stereocenters. The molecule has 1 aromatic carbocycles. The van der Waals surface area contributed by atoms with Crippen molar-refractivity contribution in [2.45, 2.75) is 18.9 Å². The van der Waals surface area contributed by atoms with Crippen LogP contribution in [0.3, 0.4) is 0 Å². The highest BCUT2D eigenvalue weighted by Crippen LogP contribution is 2.37. The Bertz CT molecular complexity index is 455. The first-order valence-corrected chi connectivity index (χ1v) is 8.11. The van der Waals surface area contributed by atoms with Crippen molar-refractivity contribution in [3.63, 3.8) is 0 Å². The Morgan fingerprint density at radius 3 is 2.67 bits per heavy atom. The van der Waals surface area contributed by atoms with Crippen LogP contribution < -0.4 is 5.32 Å². The quantitative estimate of drug-likeness (QED) is 0.929. The molecule has 2 aliphatic rings. The molecule has 0 radical (unpaired) electrons. The second-order valence-corrected chi connectivity index (χ2v) is 6.23. The third-order valence-electron chi connectivity index (χ3n) is 4.56. The van der Waals surface area contributed by atoms with Gasteiger partial charge in [0, 0.05) is 51.0 Å². The van der Waals surface area contributed by atoms with Crippen molar-refractivity contribution in [3.8, 4) is 0 Å². The monoisotopic (exact) mass is 312 g/mol. The molecule has 21 heavy (non-hydrogen) atoms.